The second-order valence-corrected chi connectivity index (χ2v) is 7.22. The monoisotopic (exact) mass is 437 g/mol. The molecule has 0 bridgehead atoms. The summed E-state index contributed by atoms with van der Waals surface area (Å²) in [5.74, 6) is 3.59. The molecule has 1 aromatic heterocycles. The Morgan fingerprint density at radius 2 is 2.20 bits per heavy atom. The molecule has 0 spiro atoms. The van der Waals surface area contributed by atoms with E-state index in [1.165, 1.54) is 0 Å². The highest BCUT2D eigenvalue weighted by Crippen LogP contribution is 2.28. The normalized spacial score (nSPS) is 10.7. The average Bonchev–Trinajstić information content (AvgIpc) is 2.83. The van der Waals surface area contributed by atoms with Gasteiger partial charge in [0.15, 0.2) is 0 Å². The highest BCUT2D eigenvalue weighted by atomic mass is 79.9. The summed E-state index contributed by atoms with van der Waals surface area (Å²) in [6.07, 6.45) is 2.79. The van der Waals surface area contributed by atoms with Crippen molar-refractivity contribution in [2.24, 2.45) is 0 Å². The van der Waals surface area contributed by atoms with Crippen molar-refractivity contribution in [3.63, 3.8) is 0 Å². The van der Waals surface area contributed by atoms with Crippen molar-refractivity contribution in [2.75, 3.05) is 12.4 Å². The maximum absolute atomic E-state index is 5.74. The van der Waals surface area contributed by atoms with Crippen LogP contribution in [0, 0.1) is 4.84 Å². The Balaban J connectivity index is 1.64. The fraction of sp³-hybridized carbons (Fsp3) is 0.308. The number of hydrogen-bond acceptors (Lipinski definition) is 4. The third kappa shape index (κ3) is 5.27. The summed E-state index contributed by atoms with van der Waals surface area (Å²) in [6.45, 7) is 0.693. The smallest absolute Gasteiger partial charge is 0.266 e. The van der Waals surface area contributed by atoms with Crippen molar-refractivity contribution in [3.8, 4) is 5.75 Å². The molecule has 1 N–H and O–H groups in total. The molecular formula is C13H13Br2NO2S2. The fourth-order valence-electron chi connectivity index (χ4n) is 1.49. The summed E-state index contributed by atoms with van der Waals surface area (Å²) in [5.41, 5.74) is 0. The van der Waals surface area contributed by atoms with Crippen LogP contribution in [0.15, 0.2) is 37.8 Å². The largest absolute Gasteiger partial charge is 0.492 e. The Hall–Kier alpha value is -0.240. The first-order valence-electron chi connectivity index (χ1n) is 5.98. The molecule has 0 fully saturated rings. The third-order valence-electron chi connectivity index (χ3n) is 2.40. The second-order valence-electron chi connectivity index (χ2n) is 3.97. The number of ether oxygens (including phenoxy) is 1. The van der Waals surface area contributed by atoms with Crippen molar-refractivity contribution in [2.45, 2.75) is 12.2 Å². The van der Waals surface area contributed by atoms with E-state index in [1.54, 1.807) is 11.8 Å². The van der Waals surface area contributed by atoms with Crippen molar-refractivity contribution < 1.29 is 9.15 Å². The standard InChI is InChI=1S/C13H13Br2NO2S2/c14-9-2-3-11(15)12(6-9)17-4-1-5-20-8-10-7-16-13(19)18-10/h2-3,6-7H,1,4-5,8H2,(H,16,19). The summed E-state index contributed by atoms with van der Waals surface area (Å²) < 4.78 is 13.0. The summed E-state index contributed by atoms with van der Waals surface area (Å²) in [4.78, 5) is 3.29. The molecule has 0 saturated carbocycles. The van der Waals surface area contributed by atoms with Gasteiger partial charge in [-0.2, -0.15) is 11.8 Å². The van der Waals surface area contributed by atoms with Gasteiger partial charge in [0.2, 0.25) is 0 Å². The first-order valence-corrected chi connectivity index (χ1v) is 9.13. The van der Waals surface area contributed by atoms with Crippen LogP contribution in [0.25, 0.3) is 0 Å². The van der Waals surface area contributed by atoms with Gasteiger partial charge in [-0.1, -0.05) is 15.9 Å². The molecule has 2 aromatic rings. The van der Waals surface area contributed by atoms with Gasteiger partial charge in [0.25, 0.3) is 4.84 Å². The molecule has 2 rings (SSSR count). The molecule has 0 saturated heterocycles. The quantitative estimate of drug-likeness (QED) is 0.453. The summed E-state index contributed by atoms with van der Waals surface area (Å²) >= 11 is 13.6. The molecule has 20 heavy (non-hydrogen) atoms. The minimum absolute atomic E-state index is 0.434. The first-order chi connectivity index (χ1) is 9.65. The van der Waals surface area contributed by atoms with E-state index in [0.717, 1.165) is 38.4 Å². The average molecular weight is 439 g/mol. The molecule has 0 atom stereocenters. The first kappa shape index (κ1) is 16.1. The Morgan fingerprint density at radius 1 is 1.35 bits per heavy atom. The number of thioether (sulfide) groups is 1. The number of H-pyrrole nitrogens is 1. The number of rotatable bonds is 7. The highest BCUT2D eigenvalue weighted by Gasteiger charge is 2.02. The third-order valence-corrected chi connectivity index (χ3v) is 4.82. The van der Waals surface area contributed by atoms with E-state index in [2.05, 4.69) is 36.8 Å². The van der Waals surface area contributed by atoms with E-state index in [9.17, 15) is 0 Å². The lowest BCUT2D eigenvalue weighted by atomic mass is 10.3. The van der Waals surface area contributed by atoms with Gasteiger partial charge in [-0.3, -0.25) is 0 Å². The lowest BCUT2D eigenvalue weighted by Crippen LogP contribution is -1.99. The van der Waals surface area contributed by atoms with E-state index < -0.39 is 0 Å². The zero-order chi connectivity index (χ0) is 14.4. The zero-order valence-corrected chi connectivity index (χ0v) is 15.3. The molecule has 1 heterocycles. The fourth-order valence-corrected chi connectivity index (χ4v) is 3.17. The molecule has 0 radical (unpaired) electrons. The summed E-state index contributed by atoms with van der Waals surface area (Å²) in [6, 6.07) is 5.90. The Bertz CT molecular complexity index is 612. The zero-order valence-electron chi connectivity index (χ0n) is 10.5. The van der Waals surface area contributed by atoms with Gasteiger partial charge < -0.3 is 14.1 Å². The number of hydrogen-bond donors (Lipinski definition) is 1. The van der Waals surface area contributed by atoms with E-state index in [0.29, 0.717) is 11.4 Å². The topological polar surface area (TPSA) is 38.2 Å². The maximum atomic E-state index is 5.74. The van der Waals surface area contributed by atoms with Crippen LogP contribution in [0.3, 0.4) is 0 Å². The number of aromatic nitrogens is 1. The number of halogens is 2. The molecular weight excluding hydrogens is 426 g/mol. The molecule has 108 valence electrons. The van der Waals surface area contributed by atoms with Crippen LogP contribution in [0.1, 0.15) is 12.2 Å². The van der Waals surface area contributed by atoms with Gasteiger partial charge in [-0.25, -0.2) is 0 Å². The maximum Gasteiger partial charge on any atom is 0.266 e. The van der Waals surface area contributed by atoms with Gasteiger partial charge >= 0.3 is 0 Å². The number of oxazole rings is 1. The molecule has 0 aliphatic carbocycles. The molecule has 3 nitrogen and oxygen atoms in total. The van der Waals surface area contributed by atoms with Crippen molar-refractivity contribution in [1.29, 1.82) is 0 Å². The lowest BCUT2D eigenvalue weighted by Gasteiger charge is -2.08. The van der Waals surface area contributed by atoms with Crippen LogP contribution < -0.4 is 4.74 Å². The second kappa shape index (κ2) is 8.26. The van der Waals surface area contributed by atoms with Crippen LogP contribution in [0.4, 0.5) is 0 Å². The number of nitrogens with one attached hydrogen (secondary N) is 1. The molecule has 7 heteroatoms. The molecule has 0 unspecified atom stereocenters. The van der Waals surface area contributed by atoms with Gasteiger partial charge in [0.1, 0.15) is 11.5 Å². The van der Waals surface area contributed by atoms with E-state index in [-0.39, 0.29) is 0 Å². The lowest BCUT2D eigenvalue weighted by molar-refractivity contribution is 0.316. The summed E-state index contributed by atoms with van der Waals surface area (Å²) in [5, 5.41) is 0. The molecule has 0 aliphatic heterocycles. The van der Waals surface area contributed by atoms with E-state index in [1.807, 2.05) is 24.4 Å². The number of aromatic amines is 1. The molecule has 0 aliphatic rings. The van der Waals surface area contributed by atoms with Crippen molar-refractivity contribution in [3.05, 3.63) is 43.9 Å². The summed E-state index contributed by atoms with van der Waals surface area (Å²) in [7, 11) is 0. The number of benzene rings is 1. The van der Waals surface area contributed by atoms with Crippen molar-refractivity contribution in [1.82, 2.24) is 4.98 Å². The van der Waals surface area contributed by atoms with E-state index >= 15 is 0 Å². The Labute approximate surface area is 143 Å². The van der Waals surface area contributed by atoms with Crippen LogP contribution in [-0.2, 0) is 5.75 Å². The van der Waals surface area contributed by atoms with E-state index in [4.69, 9.17) is 21.4 Å². The minimum Gasteiger partial charge on any atom is -0.492 e. The van der Waals surface area contributed by atoms with Crippen LogP contribution in [0.5, 0.6) is 5.75 Å². The van der Waals surface area contributed by atoms with Crippen molar-refractivity contribution >= 4 is 55.8 Å². The minimum atomic E-state index is 0.434. The van der Waals surface area contributed by atoms with Gasteiger partial charge in [-0.15, -0.1) is 0 Å². The molecule has 0 amide bonds. The molecule has 1 aromatic carbocycles. The predicted octanol–water partition coefficient (Wildman–Crippen LogP) is 5.56. The SMILES string of the molecule is S=c1[nH]cc(CSCCCOc2cc(Br)ccc2Br)o1. The van der Waals surface area contributed by atoms with Gasteiger partial charge in [-0.05, 0) is 58.5 Å². The van der Waals surface area contributed by atoms with Crippen LogP contribution >= 0.6 is 55.8 Å². The Morgan fingerprint density at radius 3 is 2.95 bits per heavy atom. The predicted molar refractivity (Wildman–Crippen MR) is 92.0 cm³/mol. The Kier molecular flexibility index (Phi) is 6.67. The van der Waals surface area contributed by atoms with Crippen LogP contribution in [0.2, 0.25) is 0 Å². The van der Waals surface area contributed by atoms with Gasteiger partial charge in [0.05, 0.1) is 16.8 Å². The van der Waals surface area contributed by atoms with Crippen LogP contribution in [-0.4, -0.2) is 17.3 Å². The van der Waals surface area contributed by atoms with Gasteiger partial charge in [0, 0.05) is 10.7 Å². The highest BCUT2D eigenvalue weighted by molar-refractivity contribution is 9.11.